The summed E-state index contributed by atoms with van der Waals surface area (Å²) in [5.41, 5.74) is 3.01. The van der Waals surface area contributed by atoms with Crippen LogP contribution in [-0.2, 0) is 16.0 Å². The molecule has 3 aliphatic carbocycles. The van der Waals surface area contributed by atoms with Gasteiger partial charge in [-0.1, -0.05) is 19.4 Å². The lowest BCUT2D eigenvalue weighted by molar-refractivity contribution is -0.154. The minimum Gasteiger partial charge on any atom is -0.497 e. The summed E-state index contributed by atoms with van der Waals surface area (Å²) in [6.07, 6.45) is 9.47. The molecular formula is C34H45NO4S. The van der Waals surface area contributed by atoms with Crippen molar-refractivity contribution >= 4 is 17.7 Å². The normalized spacial score (nSPS) is 31.5. The van der Waals surface area contributed by atoms with E-state index in [1.165, 1.54) is 48.4 Å². The molecule has 6 atom stereocenters. The van der Waals surface area contributed by atoms with Gasteiger partial charge in [0.05, 0.1) is 7.11 Å². The second-order valence-corrected chi connectivity index (χ2v) is 14.0. The number of rotatable bonds is 8. The number of benzene rings is 2. The van der Waals surface area contributed by atoms with Gasteiger partial charge in [-0.25, -0.2) is 0 Å². The number of piperidine rings is 1. The van der Waals surface area contributed by atoms with Crippen LogP contribution < -0.4 is 9.47 Å². The molecular weight excluding hydrogens is 518 g/mol. The zero-order chi connectivity index (χ0) is 27.7. The fourth-order valence-corrected chi connectivity index (χ4v) is 9.85. The van der Waals surface area contributed by atoms with Crippen LogP contribution in [-0.4, -0.2) is 55.6 Å². The predicted octanol–water partition coefficient (Wildman–Crippen LogP) is 7.12. The molecule has 0 aromatic heterocycles. The molecule has 3 fully saturated rings. The molecule has 0 radical (unpaired) electrons. The molecule has 2 aromatic rings. The average molecular weight is 564 g/mol. The van der Waals surface area contributed by atoms with E-state index in [9.17, 15) is 4.79 Å². The molecule has 2 saturated carbocycles. The maximum Gasteiger partial charge on any atom is 0.302 e. The standard InChI is InChI=1S/C34H45NO4S/c1-23(36)39-32-14-13-30-33-29(15-16-34(30,32)2)28-12-9-26(37-3)21-24(28)22-31(33)40-27-10-7-25(8-11-27)38-20-19-35-17-5-4-6-18-35/h7-12,21,29-33H,4-6,13-20,22H2,1-3H3/t29-,30+,31?,32?,33-,34+/m1/s1. The second-order valence-electron chi connectivity index (χ2n) is 12.7. The maximum atomic E-state index is 12.0. The van der Waals surface area contributed by atoms with Crippen LogP contribution in [0.25, 0.3) is 0 Å². The van der Waals surface area contributed by atoms with Gasteiger partial charge in [-0.2, -0.15) is 0 Å². The molecule has 5 nitrogen and oxygen atoms in total. The van der Waals surface area contributed by atoms with Crippen LogP contribution in [0, 0.1) is 17.3 Å². The number of fused-ring (bicyclic) bond motifs is 5. The summed E-state index contributed by atoms with van der Waals surface area (Å²) >= 11 is 2.03. The van der Waals surface area contributed by atoms with Gasteiger partial charge in [0.25, 0.3) is 0 Å². The van der Waals surface area contributed by atoms with Crippen molar-refractivity contribution in [3.05, 3.63) is 53.6 Å². The molecule has 6 heteroatoms. The monoisotopic (exact) mass is 563 g/mol. The van der Waals surface area contributed by atoms with Gasteiger partial charge in [-0.05, 0) is 123 Å². The minimum atomic E-state index is -0.140. The van der Waals surface area contributed by atoms with Crippen molar-refractivity contribution in [2.24, 2.45) is 17.3 Å². The van der Waals surface area contributed by atoms with E-state index in [-0.39, 0.29) is 17.5 Å². The van der Waals surface area contributed by atoms with Gasteiger partial charge >= 0.3 is 5.97 Å². The Morgan fingerprint density at radius 2 is 1.80 bits per heavy atom. The largest absolute Gasteiger partial charge is 0.497 e. The van der Waals surface area contributed by atoms with Crippen molar-refractivity contribution in [1.82, 2.24) is 4.90 Å². The fourth-order valence-electron chi connectivity index (χ4n) is 8.41. The summed E-state index contributed by atoms with van der Waals surface area (Å²) in [4.78, 5) is 15.8. The maximum absolute atomic E-state index is 12.0. The summed E-state index contributed by atoms with van der Waals surface area (Å²) in [7, 11) is 1.76. The van der Waals surface area contributed by atoms with Crippen molar-refractivity contribution in [3.8, 4) is 11.5 Å². The van der Waals surface area contributed by atoms with Crippen LogP contribution >= 0.6 is 11.8 Å². The van der Waals surface area contributed by atoms with Gasteiger partial charge in [-0.3, -0.25) is 9.69 Å². The molecule has 2 aromatic carbocycles. The Balaban J connectivity index is 1.20. The SMILES string of the molecule is COc1ccc2c(c1)CC(Sc1ccc(OCCN3CCCCC3)cc1)[C@@H]1[C@@H]2CC[C@]2(C)C(OC(C)=O)CC[C@@H]12. The Morgan fingerprint density at radius 1 is 1.02 bits per heavy atom. The minimum absolute atomic E-state index is 0.0419. The first-order valence-electron chi connectivity index (χ1n) is 15.4. The highest BCUT2D eigenvalue weighted by Gasteiger charge is 2.58. The molecule has 2 unspecified atom stereocenters. The van der Waals surface area contributed by atoms with E-state index in [4.69, 9.17) is 14.2 Å². The number of esters is 1. The van der Waals surface area contributed by atoms with Crippen LogP contribution in [0.2, 0.25) is 0 Å². The molecule has 0 spiro atoms. The van der Waals surface area contributed by atoms with Crippen LogP contribution in [0.3, 0.4) is 0 Å². The quantitative estimate of drug-likeness (QED) is 0.319. The summed E-state index contributed by atoms with van der Waals surface area (Å²) in [6, 6.07) is 15.5. The van der Waals surface area contributed by atoms with Gasteiger partial charge in [0.15, 0.2) is 0 Å². The number of hydrogen-bond donors (Lipinski definition) is 0. The molecule has 1 heterocycles. The van der Waals surface area contributed by atoms with E-state index < -0.39 is 0 Å². The first-order valence-corrected chi connectivity index (χ1v) is 16.3. The molecule has 216 valence electrons. The Hall–Kier alpha value is -2.18. The first kappa shape index (κ1) is 28.0. The summed E-state index contributed by atoms with van der Waals surface area (Å²) in [6.45, 7) is 8.14. The number of hydrogen-bond acceptors (Lipinski definition) is 6. The van der Waals surface area contributed by atoms with E-state index in [0.717, 1.165) is 56.8 Å². The van der Waals surface area contributed by atoms with Crippen molar-refractivity contribution in [2.75, 3.05) is 33.4 Å². The van der Waals surface area contributed by atoms with Crippen molar-refractivity contribution < 1.29 is 19.0 Å². The van der Waals surface area contributed by atoms with E-state index >= 15 is 0 Å². The van der Waals surface area contributed by atoms with Crippen LogP contribution in [0.15, 0.2) is 47.4 Å². The molecule has 6 rings (SSSR count). The van der Waals surface area contributed by atoms with Gasteiger partial charge in [0.2, 0.25) is 0 Å². The summed E-state index contributed by atoms with van der Waals surface area (Å²) in [5, 5.41) is 0.469. The highest BCUT2D eigenvalue weighted by molar-refractivity contribution is 8.00. The van der Waals surface area contributed by atoms with Gasteiger partial charge in [-0.15, -0.1) is 11.8 Å². The van der Waals surface area contributed by atoms with E-state index in [0.29, 0.717) is 23.0 Å². The molecule has 40 heavy (non-hydrogen) atoms. The van der Waals surface area contributed by atoms with E-state index in [1.54, 1.807) is 14.0 Å². The topological polar surface area (TPSA) is 48.0 Å². The lowest BCUT2D eigenvalue weighted by Gasteiger charge is -2.53. The number of ether oxygens (including phenoxy) is 3. The number of likely N-dealkylation sites (tertiary alicyclic amines) is 1. The van der Waals surface area contributed by atoms with Crippen molar-refractivity contribution in [1.29, 1.82) is 0 Å². The van der Waals surface area contributed by atoms with Crippen LogP contribution in [0.5, 0.6) is 11.5 Å². The smallest absolute Gasteiger partial charge is 0.302 e. The van der Waals surface area contributed by atoms with E-state index in [1.807, 2.05) is 11.8 Å². The Morgan fingerprint density at radius 3 is 2.55 bits per heavy atom. The molecule has 0 bridgehead atoms. The second kappa shape index (κ2) is 12.0. The molecule has 4 aliphatic rings. The van der Waals surface area contributed by atoms with Gasteiger partial charge < -0.3 is 14.2 Å². The molecule has 0 N–H and O–H groups in total. The van der Waals surface area contributed by atoms with Gasteiger partial charge in [0.1, 0.15) is 24.2 Å². The van der Waals surface area contributed by atoms with Crippen LogP contribution in [0.4, 0.5) is 0 Å². The Bertz CT molecular complexity index is 1180. The molecule has 1 aliphatic heterocycles. The average Bonchev–Trinajstić information content (AvgIpc) is 3.29. The third kappa shape index (κ3) is 5.63. The number of thioether (sulfide) groups is 1. The number of methoxy groups -OCH3 is 1. The lowest BCUT2D eigenvalue weighted by atomic mass is 9.55. The third-order valence-electron chi connectivity index (χ3n) is 10.4. The third-order valence-corrected chi connectivity index (χ3v) is 11.7. The predicted molar refractivity (Wildman–Crippen MR) is 160 cm³/mol. The zero-order valence-electron chi connectivity index (χ0n) is 24.4. The molecule has 0 amide bonds. The first-order chi connectivity index (χ1) is 19.4. The summed E-state index contributed by atoms with van der Waals surface area (Å²) in [5.74, 6) is 3.43. The van der Waals surface area contributed by atoms with Gasteiger partial charge in [0, 0.05) is 29.0 Å². The lowest BCUT2D eigenvalue weighted by Crippen LogP contribution is -2.49. The van der Waals surface area contributed by atoms with E-state index in [2.05, 4.69) is 54.3 Å². The molecule has 1 saturated heterocycles. The Kier molecular flexibility index (Phi) is 8.37. The van der Waals surface area contributed by atoms with Crippen molar-refractivity contribution in [3.63, 3.8) is 0 Å². The number of carbonyl (C=O) groups is 1. The van der Waals surface area contributed by atoms with Crippen LogP contribution in [0.1, 0.15) is 75.8 Å². The number of carbonyl (C=O) groups excluding carboxylic acids is 1. The van der Waals surface area contributed by atoms with Crippen molar-refractivity contribution in [2.45, 2.75) is 87.4 Å². The number of nitrogens with zero attached hydrogens (tertiary/aromatic N) is 1. The highest BCUT2D eigenvalue weighted by atomic mass is 32.2. The fraction of sp³-hybridized carbons (Fsp3) is 0.618. The highest BCUT2D eigenvalue weighted by Crippen LogP contribution is 2.63. The Labute approximate surface area is 244 Å². The summed E-state index contributed by atoms with van der Waals surface area (Å²) < 4.78 is 17.7. The zero-order valence-corrected chi connectivity index (χ0v) is 25.2.